The molecule has 0 radical (unpaired) electrons. The van der Waals surface area contributed by atoms with Gasteiger partial charge in [-0.1, -0.05) is 38.5 Å². The predicted octanol–water partition coefficient (Wildman–Crippen LogP) is 3.19. The second kappa shape index (κ2) is 5.31. The fourth-order valence-electron chi connectivity index (χ4n) is 3.35. The zero-order chi connectivity index (χ0) is 11.4. The maximum atomic E-state index is 12.2. The minimum Gasteiger partial charge on any atom is -0.325 e. The van der Waals surface area contributed by atoms with Gasteiger partial charge in [0.2, 0.25) is 0 Å². The number of rotatable bonds is 3. The van der Waals surface area contributed by atoms with E-state index in [4.69, 9.17) is 5.73 Å². The van der Waals surface area contributed by atoms with E-state index in [9.17, 15) is 4.79 Å². The van der Waals surface area contributed by atoms with Crippen molar-refractivity contribution in [1.82, 2.24) is 0 Å². The van der Waals surface area contributed by atoms with Gasteiger partial charge < -0.3 is 5.73 Å². The summed E-state index contributed by atoms with van der Waals surface area (Å²) in [7, 11) is 0. The second-order valence-electron chi connectivity index (χ2n) is 5.90. The van der Waals surface area contributed by atoms with Crippen LogP contribution in [-0.4, -0.2) is 11.3 Å². The molecule has 2 aliphatic rings. The first-order valence-corrected chi connectivity index (χ1v) is 7.01. The lowest BCUT2D eigenvalue weighted by molar-refractivity contribution is -0.124. The highest BCUT2D eigenvalue weighted by molar-refractivity contribution is 5.82. The third kappa shape index (κ3) is 3.07. The summed E-state index contributed by atoms with van der Waals surface area (Å²) in [4.78, 5) is 12.2. The smallest absolute Gasteiger partial charge is 0.137 e. The van der Waals surface area contributed by atoms with Crippen LogP contribution in [0.1, 0.15) is 70.6 Å². The molecule has 0 amide bonds. The van der Waals surface area contributed by atoms with Crippen LogP contribution in [0.4, 0.5) is 0 Å². The van der Waals surface area contributed by atoms with Gasteiger partial charge in [0.05, 0.1) is 0 Å². The Morgan fingerprint density at radius 3 is 2.12 bits per heavy atom. The van der Waals surface area contributed by atoms with E-state index in [0.717, 1.165) is 25.7 Å². The van der Waals surface area contributed by atoms with E-state index < -0.39 is 0 Å². The quantitative estimate of drug-likeness (QED) is 0.747. The fourth-order valence-corrected chi connectivity index (χ4v) is 3.35. The average Bonchev–Trinajstić information content (AvgIpc) is 2.56. The topological polar surface area (TPSA) is 43.1 Å². The predicted molar refractivity (Wildman–Crippen MR) is 66.2 cm³/mol. The summed E-state index contributed by atoms with van der Waals surface area (Å²) in [6.07, 6.45) is 12.6. The summed E-state index contributed by atoms with van der Waals surface area (Å²) in [6, 6.07) is 0. The maximum absolute atomic E-state index is 12.2. The Balaban J connectivity index is 1.86. The highest BCUT2D eigenvalue weighted by Gasteiger charge is 2.33. The van der Waals surface area contributed by atoms with Crippen molar-refractivity contribution < 1.29 is 4.79 Å². The van der Waals surface area contributed by atoms with Gasteiger partial charge in [-0.15, -0.1) is 0 Å². The first-order valence-electron chi connectivity index (χ1n) is 7.01. The Labute approximate surface area is 99.0 Å². The maximum Gasteiger partial charge on any atom is 0.137 e. The summed E-state index contributed by atoms with van der Waals surface area (Å²) in [5.41, 5.74) is 6.15. The Bertz CT molecular complexity index is 235. The van der Waals surface area contributed by atoms with Crippen LogP contribution in [0.2, 0.25) is 0 Å². The van der Waals surface area contributed by atoms with E-state index in [1.165, 1.54) is 38.5 Å². The van der Waals surface area contributed by atoms with E-state index in [-0.39, 0.29) is 5.54 Å². The van der Waals surface area contributed by atoms with Crippen molar-refractivity contribution in [2.45, 2.75) is 76.2 Å². The van der Waals surface area contributed by atoms with Gasteiger partial charge in [0, 0.05) is 17.9 Å². The molecule has 16 heavy (non-hydrogen) atoms. The SMILES string of the molecule is NC1(CC(=O)C2CCCCCC2)CCCC1. The molecule has 0 atom stereocenters. The zero-order valence-corrected chi connectivity index (χ0v) is 10.3. The largest absolute Gasteiger partial charge is 0.325 e. The molecular formula is C14H25NO. The average molecular weight is 223 g/mol. The molecular weight excluding hydrogens is 198 g/mol. The molecule has 0 heterocycles. The van der Waals surface area contributed by atoms with Crippen LogP contribution in [0.25, 0.3) is 0 Å². The molecule has 2 rings (SSSR count). The Hall–Kier alpha value is -0.370. The van der Waals surface area contributed by atoms with Gasteiger partial charge in [-0.3, -0.25) is 4.79 Å². The third-order valence-corrected chi connectivity index (χ3v) is 4.44. The van der Waals surface area contributed by atoms with E-state index in [1.807, 2.05) is 0 Å². The van der Waals surface area contributed by atoms with Crippen molar-refractivity contribution in [3.05, 3.63) is 0 Å². The molecule has 2 N–H and O–H groups in total. The van der Waals surface area contributed by atoms with Gasteiger partial charge in [0.25, 0.3) is 0 Å². The van der Waals surface area contributed by atoms with Gasteiger partial charge in [0.15, 0.2) is 0 Å². The van der Waals surface area contributed by atoms with E-state index in [0.29, 0.717) is 18.1 Å². The molecule has 0 unspecified atom stereocenters. The van der Waals surface area contributed by atoms with Gasteiger partial charge in [-0.05, 0) is 25.7 Å². The number of ketones is 1. The molecule has 2 nitrogen and oxygen atoms in total. The summed E-state index contributed by atoms with van der Waals surface area (Å²) < 4.78 is 0. The molecule has 0 spiro atoms. The highest BCUT2D eigenvalue weighted by atomic mass is 16.1. The van der Waals surface area contributed by atoms with Crippen molar-refractivity contribution in [1.29, 1.82) is 0 Å². The fraction of sp³-hybridized carbons (Fsp3) is 0.929. The molecule has 2 saturated carbocycles. The van der Waals surface area contributed by atoms with Crippen molar-refractivity contribution >= 4 is 5.78 Å². The number of carbonyl (C=O) groups excluding carboxylic acids is 1. The van der Waals surface area contributed by atoms with Crippen molar-refractivity contribution in [2.24, 2.45) is 11.7 Å². The van der Waals surface area contributed by atoms with Gasteiger partial charge in [-0.25, -0.2) is 0 Å². The normalized spacial score (nSPS) is 26.6. The number of Topliss-reactive ketones (excluding diaryl/α,β-unsaturated/α-hetero) is 1. The molecule has 0 aliphatic heterocycles. The Kier molecular flexibility index (Phi) is 4.01. The van der Waals surface area contributed by atoms with Crippen LogP contribution in [0.15, 0.2) is 0 Å². The van der Waals surface area contributed by atoms with Gasteiger partial charge in [-0.2, -0.15) is 0 Å². The summed E-state index contributed by atoms with van der Waals surface area (Å²) >= 11 is 0. The van der Waals surface area contributed by atoms with Crippen LogP contribution >= 0.6 is 0 Å². The summed E-state index contributed by atoms with van der Waals surface area (Å²) in [5.74, 6) is 0.801. The first-order chi connectivity index (χ1) is 7.70. The molecule has 2 aliphatic carbocycles. The lowest BCUT2D eigenvalue weighted by atomic mass is 9.85. The second-order valence-corrected chi connectivity index (χ2v) is 5.90. The summed E-state index contributed by atoms with van der Waals surface area (Å²) in [6.45, 7) is 0. The first kappa shape index (κ1) is 12.1. The third-order valence-electron chi connectivity index (χ3n) is 4.44. The number of hydrogen-bond donors (Lipinski definition) is 1. The number of hydrogen-bond acceptors (Lipinski definition) is 2. The molecule has 2 heteroatoms. The van der Waals surface area contributed by atoms with E-state index in [2.05, 4.69) is 0 Å². The van der Waals surface area contributed by atoms with E-state index >= 15 is 0 Å². The standard InChI is InChI=1S/C14H25NO/c15-14(9-5-6-10-14)11-13(16)12-7-3-1-2-4-8-12/h12H,1-11,15H2. The van der Waals surface area contributed by atoms with Crippen molar-refractivity contribution in [3.8, 4) is 0 Å². The van der Waals surface area contributed by atoms with E-state index in [1.54, 1.807) is 0 Å². The van der Waals surface area contributed by atoms with Crippen LogP contribution in [0.5, 0.6) is 0 Å². The zero-order valence-electron chi connectivity index (χ0n) is 10.3. The van der Waals surface area contributed by atoms with Crippen molar-refractivity contribution in [3.63, 3.8) is 0 Å². The lowest BCUT2D eigenvalue weighted by Gasteiger charge is -2.25. The van der Waals surface area contributed by atoms with Crippen LogP contribution in [-0.2, 0) is 4.79 Å². The van der Waals surface area contributed by atoms with Gasteiger partial charge in [0.1, 0.15) is 5.78 Å². The van der Waals surface area contributed by atoms with Crippen molar-refractivity contribution in [2.75, 3.05) is 0 Å². The molecule has 0 bridgehead atoms. The van der Waals surface area contributed by atoms with Crippen LogP contribution < -0.4 is 5.73 Å². The molecule has 0 aromatic carbocycles. The molecule has 2 fully saturated rings. The monoisotopic (exact) mass is 223 g/mol. The molecule has 0 saturated heterocycles. The number of carbonyl (C=O) groups is 1. The van der Waals surface area contributed by atoms with Crippen LogP contribution in [0.3, 0.4) is 0 Å². The number of nitrogens with two attached hydrogens (primary N) is 1. The Morgan fingerprint density at radius 2 is 1.56 bits per heavy atom. The molecule has 0 aromatic rings. The molecule has 92 valence electrons. The minimum atomic E-state index is -0.136. The Morgan fingerprint density at radius 1 is 1.00 bits per heavy atom. The summed E-state index contributed by atoms with van der Waals surface area (Å²) in [5, 5.41) is 0. The van der Waals surface area contributed by atoms with Crippen LogP contribution in [0, 0.1) is 5.92 Å². The highest BCUT2D eigenvalue weighted by Crippen LogP contribution is 2.33. The molecule has 0 aromatic heterocycles. The van der Waals surface area contributed by atoms with Gasteiger partial charge >= 0.3 is 0 Å². The minimum absolute atomic E-state index is 0.136. The lowest BCUT2D eigenvalue weighted by Crippen LogP contribution is -2.40.